The van der Waals surface area contributed by atoms with Gasteiger partial charge in [0.1, 0.15) is 17.5 Å². The van der Waals surface area contributed by atoms with Crippen LogP contribution in [0.1, 0.15) is 24.8 Å². The number of nitrogens with two attached hydrogens (primary N) is 1. The number of hydrogen-bond acceptors (Lipinski definition) is 3. The van der Waals surface area contributed by atoms with Crippen LogP contribution in [0.2, 0.25) is 0 Å². The molecule has 2 rings (SSSR count). The second kappa shape index (κ2) is 5.52. The molecule has 4 N–H and O–H groups in total. The standard InChI is InChI=1S/C13H17F2N3O/c14-10-2-1-9(11(15)5-10)7-17-8-13(3-4-13)6-12(16)18-19/h1-2,5,17,19H,3-4,6-8H2,(H2,16,18). The van der Waals surface area contributed by atoms with E-state index in [0.29, 0.717) is 25.1 Å². The van der Waals surface area contributed by atoms with Gasteiger partial charge < -0.3 is 16.3 Å². The Morgan fingerprint density at radius 1 is 1.42 bits per heavy atom. The lowest BCUT2D eigenvalue weighted by Crippen LogP contribution is -2.28. The van der Waals surface area contributed by atoms with Gasteiger partial charge in [-0.2, -0.15) is 0 Å². The molecule has 0 spiro atoms. The third-order valence-corrected chi connectivity index (χ3v) is 3.47. The molecule has 0 aromatic heterocycles. The minimum atomic E-state index is -0.577. The zero-order valence-electron chi connectivity index (χ0n) is 10.5. The first kappa shape index (κ1) is 13.7. The SMILES string of the molecule is NC(CC1(CNCc2ccc(F)cc2F)CC1)=NO. The Morgan fingerprint density at radius 2 is 2.16 bits per heavy atom. The normalized spacial score (nSPS) is 17.5. The lowest BCUT2D eigenvalue weighted by Gasteiger charge is -2.15. The monoisotopic (exact) mass is 269 g/mol. The molecule has 1 aromatic rings. The van der Waals surface area contributed by atoms with Gasteiger partial charge in [-0.3, -0.25) is 0 Å². The lowest BCUT2D eigenvalue weighted by atomic mass is 10.0. The van der Waals surface area contributed by atoms with Crippen molar-refractivity contribution in [1.29, 1.82) is 0 Å². The molecule has 1 aliphatic carbocycles. The fourth-order valence-corrected chi connectivity index (χ4v) is 2.14. The maximum atomic E-state index is 13.4. The number of hydrogen-bond donors (Lipinski definition) is 3. The Balaban J connectivity index is 1.83. The van der Waals surface area contributed by atoms with E-state index in [0.717, 1.165) is 18.9 Å². The highest BCUT2D eigenvalue weighted by molar-refractivity contribution is 5.80. The van der Waals surface area contributed by atoms with Gasteiger partial charge >= 0.3 is 0 Å². The molecule has 104 valence electrons. The Hall–Kier alpha value is -1.69. The fraction of sp³-hybridized carbons (Fsp3) is 0.462. The van der Waals surface area contributed by atoms with Gasteiger partial charge in [-0.25, -0.2) is 8.78 Å². The molecule has 19 heavy (non-hydrogen) atoms. The van der Waals surface area contributed by atoms with Gasteiger partial charge in [-0.15, -0.1) is 0 Å². The number of oxime groups is 1. The highest BCUT2D eigenvalue weighted by atomic mass is 19.1. The first-order chi connectivity index (χ1) is 9.04. The lowest BCUT2D eigenvalue weighted by molar-refractivity contribution is 0.314. The van der Waals surface area contributed by atoms with Crippen molar-refractivity contribution in [3.63, 3.8) is 0 Å². The van der Waals surface area contributed by atoms with Crippen LogP contribution >= 0.6 is 0 Å². The van der Waals surface area contributed by atoms with Gasteiger partial charge in [0, 0.05) is 31.1 Å². The molecule has 0 bridgehead atoms. The average Bonchev–Trinajstić information content (AvgIpc) is 3.12. The number of nitrogens with one attached hydrogen (secondary N) is 1. The second-order valence-electron chi connectivity index (χ2n) is 5.11. The summed E-state index contributed by atoms with van der Waals surface area (Å²) in [6.07, 6.45) is 2.53. The molecule has 4 nitrogen and oxygen atoms in total. The van der Waals surface area contributed by atoms with Gasteiger partial charge in [-0.1, -0.05) is 11.2 Å². The molecule has 0 atom stereocenters. The minimum absolute atomic E-state index is 0.0207. The molecule has 0 unspecified atom stereocenters. The molecule has 0 amide bonds. The predicted molar refractivity (Wildman–Crippen MR) is 67.8 cm³/mol. The Morgan fingerprint density at radius 3 is 2.74 bits per heavy atom. The van der Waals surface area contributed by atoms with Gasteiger partial charge in [0.15, 0.2) is 0 Å². The number of nitrogens with zero attached hydrogens (tertiary/aromatic N) is 1. The van der Waals surface area contributed by atoms with Crippen LogP contribution in [0, 0.1) is 17.0 Å². The van der Waals surface area contributed by atoms with E-state index in [1.807, 2.05) is 0 Å². The van der Waals surface area contributed by atoms with Crippen molar-refractivity contribution >= 4 is 5.84 Å². The molecular weight excluding hydrogens is 252 g/mol. The van der Waals surface area contributed by atoms with Crippen molar-refractivity contribution in [3.05, 3.63) is 35.4 Å². The maximum absolute atomic E-state index is 13.4. The third-order valence-electron chi connectivity index (χ3n) is 3.47. The molecular formula is C13H17F2N3O. The molecule has 0 saturated heterocycles. The summed E-state index contributed by atoms with van der Waals surface area (Å²) < 4.78 is 26.1. The molecule has 0 aliphatic heterocycles. The number of rotatable bonds is 6. The summed E-state index contributed by atoms with van der Waals surface area (Å²) in [5, 5.41) is 14.7. The van der Waals surface area contributed by atoms with Crippen LogP contribution in [-0.4, -0.2) is 17.6 Å². The average molecular weight is 269 g/mol. The first-order valence-electron chi connectivity index (χ1n) is 6.16. The quantitative estimate of drug-likeness (QED) is 0.320. The smallest absolute Gasteiger partial charge is 0.139 e. The zero-order valence-corrected chi connectivity index (χ0v) is 10.5. The topological polar surface area (TPSA) is 70.6 Å². The van der Waals surface area contributed by atoms with Crippen LogP contribution < -0.4 is 11.1 Å². The molecule has 6 heteroatoms. The van der Waals surface area contributed by atoms with E-state index in [1.54, 1.807) is 0 Å². The van der Waals surface area contributed by atoms with E-state index in [4.69, 9.17) is 10.9 Å². The van der Waals surface area contributed by atoms with E-state index in [2.05, 4.69) is 10.5 Å². The van der Waals surface area contributed by atoms with Crippen molar-refractivity contribution in [2.24, 2.45) is 16.3 Å². The van der Waals surface area contributed by atoms with Crippen molar-refractivity contribution in [1.82, 2.24) is 5.32 Å². The highest BCUT2D eigenvalue weighted by Crippen LogP contribution is 2.48. The van der Waals surface area contributed by atoms with Crippen molar-refractivity contribution in [2.45, 2.75) is 25.8 Å². The predicted octanol–water partition coefficient (Wildman–Crippen LogP) is 1.97. The van der Waals surface area contributed by atoms with E-state index >= 15 is 0 Å². The zero-order chi connectivity index (χ0) is 13.9. The minimum Gasteiger partial charge on any atom is -0.409 e. The Bertz CT molecular complexity index is 487. The van der Waals surface area contributed by atoms with Crippen LogP contribution in [0.3, 0.4) is 0 Å². The fourth-order valence-electron chi connectivity index (χ4n) is 2.14. The molecule has 0 radical (unpaired) electrons. The summed E-state index contributed by atoms with van der Waals surface area (Å²) in [6, 6.07) is 3.55. The summed E-state index contributed by atoms with van der Waals surface area (Å²) >= 11 is 0. The largest absolute Gasteiger partial charge is 0.409 e. The van der Waals surface area contributed by atoms with E-state index in [9.17, 15) is 8.78 Å². The number of benzene rings is 1. The summed E-state index contributed by atoms with van der Waals surface area (Å²) in [4.78, 5) is 0. The maximum Gasteiger partial charge on any atom is 0.139 e. The molecule has 1 saturated carbocycles. The summed E-state index contributed by atoms with van der Waals surface area (Å²) in [6.45, 7) is 1.00. The Labute approximate surface area is 110 Å². The number of amidine groups is 1. The molecule has 1 aromatic carbocycles. The van der Waals surface area contributed by atoms with Crippen LogP contribution in [0.5, 0.6) is 0 Å². The van der Waals surface area contributed by atoms with Gasteiger partial charge in [0.25, 0.3) is 0 Å². The summed E-state index contributed by atoms with van der Waals surface area (Å²) in [5.41, 5.74) is 5.95. The van der Waals surface area contributed by atoms with Crippen molar-refractivity contribution < 1.29 is 14.0 Å². The second-order valence-corrected chi connectivity index (χ2v) is 5.11. The summed E-state index contributed by atoms with van der Waals surface area (Å²) in [7, 11) is 0. The van der Waals surface area contributed by atoms with E-state index in [1.165, 1.54) is 12.1 Å². The summed E-state index contributed by atoms with van der Waals surface area (Å²) in [5.74, 6) is -0.909. The Kier molecular flexibility index (Phi) is 3.99. The number of halogens is 2. The molecule has 1 fully saturated rings. The van der Waals surface area contributed by atoms with Gasteiger partial charge in [0.2, 0.25) is 0 Å². The molecule has 1 aliphatic rings. The van der Waals surface area contributed by atoms with E-state index < -0.39 is 11.6 Å². The van der Waals surface area contributed by atoms with E-state index in [-0.39, 0.29) is 11.3 Å². The van der Waals surface area contributed by atoms with Crippen LogP contribution in [0.15, 0.2) is 23.4 Å². The van der Waals surface area contributed by atoms with Gasteiger partial charge in [-0.05, 0) is 24.3 Å². The highest BCUT2D eigenvalue weighted by Gasteiger charge is 2.42. The van der Waals surface area contributed by atoms with Crippen molar-refractivity contribution in [2.75, 3.05) is 6.54 Å². The van der Waals surface area contributed by atoms with Crippen LogP contribution in [0.4, 0.5) is 8.78 Å². The van der Waals surface area contributed by atoms with Crippen molar-refractivity contribution in [3.8, 4) is 0 Å². The molecule has 0 heterocycles. The van der Waals surface area contributed by atoms with Gasteiger partial charge in [0.05, 0.1) is 0 Å². The van der Waals surface area contributed by atoms with Crippen LogP contribution in [-0.2, 0) is 6.54 Å². The third kappa shape index (κ3) is 3.64. The first-order valence-corrected chi connectivity index (χ1v) is 6.16. The van der Waals surface area contributed by atoms with Crippen LogP contribution in [0.25, 0.3) is 0 Å².